The number of hydrogen-bond acceptors (Lipinski definition) is 10. The number of benzene rings is 2. The number of piperidine rings is 2. The maximum atomic E-state index is 15.9. The van der Waals surface area contributed by atoms with Crippen LogP contribution in [0.15, 0.2) is 61.2 Å². The Morgan fingerprint density at radius 3 is 2.60 bits per heavy atom. The second-order valence-corrected chi connectivity index (χ2v) is 14.1. The maximum Gasteiger partial charge on any atom is 0.262 e. The summed E-state index contributed by atoms with van der Waals surface area (Å²) in [7, 11) is 0. The monoisotopic (exact) mass is 722 g/mol. The number of carbonyl (C=O) groups excluding carboxylic acids is 5. The van der Waals surface area contributed by atoms with Crippen LogP contribution in [0.25, 0.3) is 16.6 Å². The lowest BCUT2D eigenvalue weighted by Crippen LogP contribution is -2.64. The van der Waals surface area contributed by atoms with Gasteiger partial charge in [-0.3, -0.25) is 43.8 Å². The van der Waals surface area contributed by atoms with Gasteiger partial charge in [-0.25, -0.2) is 18.3 Å². The number of aromatic nitrogens is 5. The van der Waals surface area contributed by atoms with E-state index in [0.29, 0.717) is 48.2 Å². The molecule has 4 aliphatic rings. The van der Waals surface area contributed by atoms with Gasteiger partial charge in [-0.1, -0.05) is 0 Å². The van der Waals surface area contributed by atoms with E-state index in [-0.39, 0.29) is 60.9 Å². The average molecular weight is 723 g/mol. The van der Waals surface area contributed by atoms with Crippen LogP contribution >= 0.6 is 0 Å². The Kier molecular flexibility index (Phi) is 7.58. The van der Waals surface area contributed by atoms with E-state index in [1.54, 1.807) is 36.7 Å². The third-order valence-electron chi connectivity index (χ3n) is 10.6. The van der Waals surface area contributed by atoms with Gasteiger partial charge in [0.25, 0.3) is 17.7 Å². The fourth-order valence-electron chi connectivity index (χ4n) is 7.84. The van der Waals surface area contributed by atoms with Crippen LogP contribution in [0.3, 0.4) is 0 Å². The number of nitrogens with one attached hydrogen (secondary N) is 2. The van der Waals surface area contributed by atoms with E-state index in [9.17, 15) is 24.0 Å². The highest BCUT2D eigenvalue weighted by Gasteiger charge is 2.48. The summed E-state index contributed by atoms with van der Waals surface area (Å²) in [5.41, 5.74) is 0.529. The predicted molar refractivity (Wildman–Crippen MR) is 185 cm³/mol. The highest BCUT2D eigenvalue weighted by atomic mass is 19.1. The van der Waals surface area contributed by atoms with Crippen molar-refractivity contribution in [3.05, 3.63) is 83.7 Å². The molecule has 0 aliphatic carbocycles. The van der Waals surface area contributed by atoms with Crippen LogP contribution in [0, 0.1) is 5.82 Å². The Morgan fingerprint density at radius 2 is 1.81 bits per heavy atom. The first-order chi connectivity index (χ1) is 25.5. The van der Waals surface area contributed by atoms with Crippen molar-refractivity contribution in [2.24, 2.45) is 0 Å². The third kappa shape index (κ3) is 5.67. The Balaban J connectivity index is 0.801. The Morgan fingerprint density at radius 1 is 1.02 bits per heavy atom. The average Bonchev–Trinajstić information content (AvgIpc) is 3.82. The molecular formula is C36H32F2N10O5. The molecule has 17 heteroatoms. The van der Waals surface area contributed by atoms with Gasteiger partial charge in [-0.05, 0) is 49.6 Å². The van der Waals surface area contributed by atoms with Crippen molar-refractivity contribution >= 4 is 57.5 Å². The van der Waals surface area contributed by atoms with Crippen molar-refractivity contribution in [3.63, 3.8) is 0 Å². The summed E-state index contributed by atoms with van der Waals surface area (Å²) in [6, 6.07) is 8.30. The summed E-state index contributed by atoms with van der Waals surface area (Å²) in [5.74, 6) is -3.45. The fraction of sp³-hybridized carbons (Fsp3) is 0.333. The molecule has 7 heterocycles. The number of alkyl halides is 1. The number of amides is 5. The highest BCUT2D eigenvalue weighted by molar-refractivity contribution is 6.23. The molecule has 4 aliphatic heterocycles. The molecule has 5 aromatic rings. The smallest absolute Gasteiger partial charge is 0.262 e. The highest BCUT2D eigenvalue weighted by Crippen LogP contribution is 2.37. The van der Waals surface area contributed by atoms with Crippen LogP contribution in [-0.2, 0) is 9.59 Å². The van der Waals surface area contributed by atoms with Crippen molar-refractivity contribution in [1.82, 2.24) is 39.5 Å². The van der Waals surface area contributed by atoms with Crippen molar-refractivity contribution < 1.29 is 32.8 Å². The van der Waals surface area contributed by atoms with Gasteiger partial charge in [0.15, 0.2) is 11.3 Å². The summed E-state index contributed by atoms with van der Waals surface area (Å²) in [6.07, 6.45) is 7.96. The van der Waals surface area contributed by atoms with Gasteiger partial charge in [-0.2, -0.15) is 10.2 Å². The van der Waals surface area contributed by atoms with E-state index in [2.05, 4.69) is 30.7 Å². The normalized spacial score (nSPS) is 20.6. The molecule has 1 atom stereocenters. The molecule has 2 N–H and O–H groups in total. The lowest BCUT2D eigenvalue weighted by atomic mass is 9.92. The predicted octanol–water partition coefficient (Wildman–Crippen LogP) is 2.74. The molecule has 9 rings (SSSR count). The quantitative estimate of drug-likeness (QED) is 0.239. The summed E-state index contributed by atoms with van der Waals surface area (Å²) in [4.78, 5) is 72.2. The van der Waals surface area contributed by atoms with E-state index < -0.39 is 47.1 Å². The zero-order valence-electron chi connectivity index (χ0n) is 28.2. The number of rotatable bonds is 7. The van der Waals surface area contributed by atoms with Gasteiger partial charge in [-0.15, -0.1) is 0 Å². The van der Waals surface area contributed by atoms with Gasteiger partial charge in [0.05, 0.1) is 47.7 Å². The van der Waals surface area contributed by atoms with Crippen molar-refractivity contribution in [3.8, 4) is 0 Å². The number of nitrogens with zero attached hydrogens (tertiary/aromatic N) is 8. The van der Waals surface area contributed by atoms with Crippen molar-refractivity contribution in [1.29, 1.82) is 0 Å². The SMILES string of the molecule is O=C1CCC(N2C(=O)c3ccc(N4CC(F)(CN5CCC(n6cc7cc(NC(=O)c8cnn9cccnc89)c(F)cc7n6)CC5)C4)cc3C2=O)C(=O)N1. The summed E-state index contributed by atoms with van der Waals surface area (Å²) < 4.78 is 34.3. The van der Waals surface area contributed by atoms with E-state index in [0.717, 1.165) is 4.90 Å². The zero-order chi connectivity index (χ0) is 36.6. The molecule has 0 spiro atoms. The van der Waals surface area contributed by atoms with E-state index in [1.807, 2.05) is 15.8 Å². The minimum absolute atomic E-state index is 0.0177. The number of hydrogen-bond donors (Lipinski definition) is 2. The number of fused-ring (bicyclic) bond motifs is 3. The van der Waals surface area contributed by atoms with Crippen molar-refractivity contribution in [2.45, 2.75) is 43.4 Å². The summed E-state index contributed by atoms with van der Waals surface area (Å²) in [5, 5.41) is 14.2. The zero-order valence-corrected chi connectivity index (χ0v) is 28.2. The Bertz CT molecular complexity index is 2380. The van der Waals surface area contributed by atoms with Gasteiger partial charge < -0.3 is 10.2 Å². The van der Waals surface area contributed by atoms with Crippen LogP contribution in [-0.4, -0.2) is 108 Å². The van der Waals surface area contributed by atoms with Gasteiger partial charge >= 0.3 is 0 Å². The maximum absolute atomic E-state index is 15.9. The number of likely N-dealkylation sites (tertiary alicyclic amines) is 1. The lowest BCUT2D eigenvalue weighted by Gasteiger charge is -2.48. The molecule has 3 aromatic heterocycles. The first-order valence-electron chi connectivity index (χ1n) is 17.3. The summed E-state index contributed by atoms with van der Waals surface area (Å²) >= 11 is 0. The molecule has 270 valence electrons. The number of halogens is 2. The van der Waals surface area contributed by atoms with Crippen LogP contribution in [0.5, 0.6) is 0 Å². The molecule has 1 unspecified atom stereocenters. The second-order valence-electron chi connectivity index (χ2n) is 14.1. The minimum atomic E-state index is -1.47. The standard InChI is InChI=1S/C36H32F2N10O5/c37-26-14-27-20(12-28(26)41-32(50)25-15-40-46-9-1-8-39-31(25)46)16-47(43-27)21-6-10-44(11-7-21)17-36(38)18-45(19-36)22-2-3-23-24(13-22)35(53)48(34(23)52)29-4-5-30(49)42-33(29)51/h1-3,8-9,12-16,21,29H,4-7,10-11,17-19H2,(H,41,50)(H,42,49,51). The summed E-state index contributed by atoms with van der Waals surface area (Å²) in [6.45, 7) is 1.75. The first kappa shape index (κ1) is 32.8. The number of imide groups is 2. The molecular weight excluding hydrogens is 690 g/mol. The molecule has 0 radical (unpaired) electrons. The van der Waals surface area contributed by atoms with Crippen LogP contribution in [0.4, 0.5) is 20.2 Å². The van der Waals surface area contributed by atoms with E-state index in [4.69, 9.17) is 0 Å². The second kappa shape index (κ2) is 12.3. The van der Waals surface area contributed by atoms with E-state index in [1.165, 1.54) is 22.8 Å². The van der Waals surface area contributed by atoms with Crippen molar-refractivity contribution in [2.75, 3.05) is 42.9 Å². The molecule has 5 amide bonds. The fourth-order valence-corrected chi connectivity index (χ4v) is 7.84. The van der Waals surface area contributed by atoms with Crippen LogP contribution in [0.1, 0.15) is 62.8 Å². The van der Waals surface area contributed by atoms with Crippen LogP contribution in [0.2, 0.25) is 0 Å². The lowest BCUT2D eigenvalue weighted by molar-refractivity contribution is -0.136. The number of carbonyl (C=O) groups is 5. The molecule has 0 saturated carbocycles. The van der Waals surface area contributed by atoms with Crippen LogP contribution < -0.4 is 15.5 Å². The molecule has 0 bridgehead atoms. The molecule has 53 heavy (non-hydrogen) atoms. The van der Waals surface area contributed by atoms with E-state index >= 15 is 8.78 Å². The third-order valence-corrected chi connectivity index (χ3v) is 10.6. The molecule has 15 nitrogen and oxygen atoms in total. The van der Waals surface area contributed by atoms with Gasteiger partial charge in [0, 0.05) is 61.8 Å². The van der Waals surface area contributed by atoms with Gasteiger partial charge in [0.2, 0.25) is 11.8 Å². The first-order valence-corrected chi connectivity index (χ1v) is 17.3. The molecule has 3 fully saturated rings. The molecule has 2 aromatic carbocycles. The minimum Gasteiger partial charge on any atom is -0.365 e. The number of anilines is 2. The van der Waals surface area contributed by atoms with Gasteiger partial charge in [0.1, 0.15) is 17.4 Å². The Hall–Kier alpha value is -6.10. The Labute approximate surface area is 299 Å². The topological polar surface area (TPSA) is 167 Å². The molecule has 3 saturated heterocycles. The largest absolute Gasteiger partial charge is 0.365 e.